The van der Waals surface area contributed by atoms with Crippen LogP contribution in [0, 0.1) is 6.92 Å². The molecule has 0 aliphatic rings. The normalized spacial score (nSPS) is 12.1. The minimum atomic E-state index is -0.629. The van der Waals surface area contributed by atoms with E-state index in [0.29, 0.717) is 12.3 Å². The van der Waals surface area contributed by atoms with Crippen molar-refractivity contribution in [3.05, 3.63) is 35.8 Å². The third kappa shape index (κ3) is 4.05. The number of carbonyl (C=O) groups excluding carboxylic acids is 2. The molecule has 0 saturated carbocycles. The summed E-state index contributed by atoms with van der Waals surface area (Å²) in [5.74, 6) is -1.01. The Labute approximate surface area is 128 Å². The zero-order chi connectivity index (χ0) is 16.1. The van der Waals surface area contributed by atoms with Crippen LogP contribution in [0.3, 0.4) is 0 Å². The summed E-state index contributed by atoms with van der Waals surface area (Å²) in [6.07, 6.45) is 3.39. The van der Waals surface area contributed by atoms with Crippen LogP contribution >= 0.6 is 0 Å². The van der Waals surface area contributed by atoms with Crippen LogP contribution in [0.15, 0.2) is 24.5 Å². The van der Waals surface area contributed by atoms with Crippen LogP contribution < -0.4 is 5.32 Å². The summed E-state index contributed by atoms with van der Waals surface area (Å²) in [7, 11) is 1.55. The Hall–Kier alpha value is -2.41. The number of hydrogen-bond acceptors (Lipinski definition) is 5. The number of ether oxygens (including phenoxy) is 2. The molecule has 2 aromatic heterocycles. The van der Waals surface area contributed by atoms with Crippen LogP contribution in [0.1, 0.15) is 23.0 Å². The Morgan fingerprint density at radius 1 is 1.45 bits per heavy atom. The molecule has 1 unspecified atom stereocenters. The first kappa shape index (κ1) is 16.0. The van der Waals surface area contributed by atoms with E-state index in [1.165, 1.54) is 0 Å². The zero-order valence-corrected chi connectivity index (χ0v) is 12.8. The molecule has 118 valence electrons. The van der Waals surface area contributed by atoms with Gasteiger partial charge < -0.3 is 19.2 Å². The lowest BCUT2D eigenvalue weighted by Gasteiger charge is -2.12. The number of imidazole rings is 1. The average Bonchev–Trinajstić information content (AvgIpc) is 2.88. The van der Waals surface area contributed by atoms with Gasteiger partial charge in [0.05, 0.1) is 6.61 Å². The number of methoxy groups -OCH3 is 1. The van der Waals surface area contributed by atoms with Crippen LogP contribution in [0.2, 0.25) is 0 Å². The maximum absolute atomic E-state index is 11.9. The number of aromatic nitrogens is 2. The maximum atomic E-state index is 11.9. The summed E-state index contributed by atoms with van der Waals surface area (Å²) < 4.78 is 11.6. The van der Waals surface area contributed by atoms with E-state index in [1.54, 1.807) is 24.6 Å². The Bertz CT molecular complexity index is 680. The third-order valence-electron chi connectivity index (χ3n) is 2.98. The molecule has 2 heterocycles. The molecule has 2 rings (SSSR count). The third-order valence-corrected chi connectivity index (χ3v) is 2.98. The van der Waals surface area contributed by atoms with E-state index >= 15 is 0 Å². The first-order valence-corrected chi connectivity index (χ1v) is 6.90. The molecule has 1 amide bonds. The van der Waals surface area contributed by atoms with Crippen molar-refractivity contribution in [1.82, 2.24) is 14.7 Å². The fourth-order valence-corrected chi connectivity index (χ4v) is 2.00. The van der Waals surface area contributed by atoms with Crippen LogP contribution in [0.5, 0.6) is 0 Å². The van der Waals surface area contributed by atoms with E-state index in [2.05, 4.69) is 10.3 Å². The minimum Gasteiger partial charge on any atom is -0.451 e. The van der Waals surface area contributed by atoms with Crippen molar-refractivity contribution in [3.8, 4) is 0 Å². The summed E-state index contributed by atoms with van der Waals surface area (Å²) in [5.41, 5.74) is 1.87. The van der Waals surface area contributed by atoms with Crippen LogP contribution in [0.4, 0.5) is 0 Å². The predicted octanol–water partition coefficient (Wildman–Crippen LogP) is 0.951. The molecular weight excluding hydrogens is 286 g/mol. The molecule has 7 nitrogen and oxygen atoms in total. The lowest BCUT2D eigenvalue weighted by atomic mass is 10.3. The Kier molecular flexibility index (Phi) is 5.11. The summed E-state index contributed by atoms with van der Waals surface area (Å²) in [4.78, 5) is 27.7. The molecule has 0 aliphatic carbocycles. The van der Waals surface area contributed by atoms with Crippen molar-refractivity contribution < 1.29 is 19.1 Å². The number of hydrogen-bond donors (Lipinski definition) is 1. The van der Waals surface area contributed by atoms with Crippen molar-refractivity contribution in [2.24, 2.45) is 0 Å². The number of aryl methyl sites for hydroxylation is 1. The van der Waals surface area contributed by atoms with Gasteiger partial charge in [-0.3, -0.25) is 4.79 Å². The van der Waals surface area contributed by atoms with Crippen molar-refractivity contribution >= 4 is 17.5 Å². The molecule has 1 N–H and O–H groups in total. The van der Waals surface area contributed by atoms with Gasteiger partial charge in [-0.2, -0.15) is 0 Å². The van der Waals surface area contributed by atoms with E-state index in [-0.39, 0.29) is 24.2 Å². The van der Waals surface area contributed by atoms with Crippen LogP contribution in [-0.4, -0.2) is 47.6 Å². The molecule has 1 atom stereocenters. The number of carbonyl (C=O) groups is 2. The molecule has 0 aliphatic heterocycles. The highest BCUT2D eigenvalue weighted by Gasteiger charge is 2.15. The van der Waals surface area contributed by atoms with Gasteiger partial charge in [-0.15, -0.1) is 0 Å². The fraction of sp³-hybridized carbons (Fsp3) is 0.400. The highest BCUT2D eigenvalue weighted by molar-refractivity contribution is 5.90. The van der Waals surface area contributed by atoms with Gasteiger partial charge in [-0.25, -0.2) is 9.78 Å². The van der Waals surface area contributed by atoms with Crippen LogP contribution in [0.25, 0.3) is 5.65 Å². The topological polar surface area (TPSA) is 81.9 Å². The molecule has 0 saturated heterocycles. The predicted molar refractivity (Wildman–Crippen MR) is 79.7 cm³/mol. The highest BCUT2D eigenvalue weighted by Crippen LogP contribution is 2.08. The number of nitrogens with zero attached hydrogens (tertiary/aromatic N) is 2. The summed E-state index contributed by atoms with van der Waals surface area (Å²) >= 11 is 0. The SMILES string of the molecule is COCC(C)NC(=O)COC(=O)c1cn2ccc(C)cc2n1. The Balaban J connectivity index is 1.92. The van der Waals surface area contributed by atoms with E-state index in [9.17, 15) is 9.59 Å². The van der Waals surface area contributed by atoms with E-state index in [1.807, 2.05) is 25.3 Å². The highest BCUT2D eigenvalue weighted by atomic mass is 16.5. The molecule has 7 heteroatoms. The van der Waals surface area contributed by atoms with E-state index in [0.717, 1.165) is 5.56 Å². The first-order valence-electron chi connectivity index (χ1n) is 6.90. The lowest BCUT2D eigenvalue weighted by Crippen LogP contribution is -2.38. The van der Waals surface area contributed by atoms with Gasteiger partial charge in [0.2, 0.25) is 0 Å². The van der Waals surface area contributed by atoms with Crippen molar-refractivity contribution in [1.29, 1.82) is 0 Å². The monoisotopic (exact) mass is 305 g/mol. The fourth-order valence-electron chi connectivity index (χ4n) is 2.00. The quantitative estimate of drug-likeness (QED) is 0.804. The van der Waals surface area contributed by atoms with E-state index < -0.39 is 5.97 Å². The summed E-state index contributed by atoms with van der Waals surface area (Å²) in [5, 5.41) is 2.65. The molecule has 0 bridgehead atoms. The molecule has 2 aromatic rings. The van der Waals surface area contributed by atoms with Gasteiger partial charge in [0.1, 0.15) is 5.65 Å². The van der Waals surface area contributed by atoms with Gasteiger partial charge in [0.25, 0.3) is 5.91 Å². The number of fused-ring (bicyclic) bond motifs is 1. The molecule has 22 heavy (non-hydrogen) atoms. The minimum absolute atomic E-state index is 0.144. The van der Waals surface area contributed by atoms with E-state index in [4.69, 9.17) is 9.47 Å². The van der Waals surface area contributed by atoms with Gasteiger partial charge in [0, 0.05) is 25.5 Å². The van der Waals surface area contributed by atoms with Gasteiger partial charge in [-0.05, 0) is 31.5 Å². The van der Waals surface area contributed by atoms with Crippen molar-refractivity contribution in [2.75, 3.05) is 20.3 Å². The first-order chi connectivity index (χ1) is 10.5. The van der Waals surface area contributed by atoms with Gasteiger partial charge in [0.15, 0.2) is 12.3 Å². The Morgan fingerprint density at radius 3 is 2.95 bits per heavy atom. The number of amides is 1. The molecule has 0 fully saturated rings. The second kappa shape index (κ2) is 7.04. The second-order valence-electron chi connectivity index (χ2n) is 5.10. The number of rotatable bonds is 6. The Morgan fingerprint density at radius 2 is 2.23 bits per heavy atom. The number of esters is 1. The summed E-state index contributed by atoms with van der Waals surface area (Å²) in [6, 6.07) is 3.62. The smallest absolute Gasteiger partial charge is 0.359 e. The molecule has 0 spiro atoms. The molecular formula is C15H19N3O4. The van der Waals surface area contributed by atoms with Crippen molar-refractivity contribution in [2.45, 2.75) is 19.9 Å². The second-order valence-corrected chi connectivity index (χ2v) is 5.10. The lowest BCUT2D eigenvalue weighted by molar-refractivity contribution is -0.125. The average molecular weight is 305 g/mol. The largest absolute Gasteiger partial charge is 0.451 e. The van der Waals surface area contributed by atoms with Crippen molar-refractivity contribution in [3.63, 3.8) is 0 Å². The van der Waals surface area contributed by atoms with Crippen LogP contribution in [-0.2, 0) is 14.3 Å². The number of nitrogens with one attached hydrogen (secondary N) is 1. The maximum Gasteiger partial charge on any atom is 0.359 e. The molecule has 0 radical (unpaired) electrons. The van der Waals surface area contributed by atoms with Gasteiger partial charge in [-0.1, -0.05) is 0 Å². The standard InChI is InChI=1S/C15H19N3O4/c1-10-4-5-18-7-12(17-13(18)6-10)15(20)22-9-14(19)16-11(2)8-21-3/h4-7,11H,8-9H2,1-3H3,(H,16,19). The van der Waals surface area contributed by atoms with Gasteiger partial charge >= 0.3 is 5.97 Å². The summed E-state index contributed by atoms with van der Waals surface area (Å²) in [6.45, 7) is 3.79. The number of pyridine rings is 1. The zero-order valence-electron chi connectivity index (χ0n) is 12.8. The molecule has 0 aromatic carbocycles.